The minimum Gasteiger partial charge on any atom is -0.355 e. The van der Waals surface area contributed by atoms with Gasteiger partial charge in [0.05, 0.1) is 0 Å². The Morgan fingerprint density at radius 2 is 1.19 bits per heavy atom. The highest BCUT2D eigenvalue weighted by molar-refractivity contribution is 6.04. The first-order valence-corrected chi connectivity index (χ1v) is 9.21. The van der Waals surface area contributed by atoms with Crippen LogP contribution in [0.25, 0.3) is 32.7 Å². The summed E-state index contributed by atoms with van der Waals surface area (Å²) in [6.07, 6.45) is 0. The van der Waals surface area contributed by atoms with Gasteiger partial charge < -0.3 is 5.32 Å². The van der Waals surface area contributed by atoms with Crippen LogP contribution in [0.15, 0.2) is 109 Å². The largest absolute Gasteiger partial charge is 0.355 e. The van der Waals surface area contributed by atoms with Gasteiger partial charge in [-0.2, -0.15) is 0 Å². The van der Waals surface area contributed by atoms with Crippen LogP contribution in [0.1, 0.15) is 0 Å². The molecule has 0 atom stereocenters. The van der Waals surface area contributed by atoms with E-state index in [1.54, 1.807) is 0 Å². The standard InChI is InChI=1S/C26H19N/c1-2-9-20(10-3-1)23-16-17-26(25-13-7-6-12-24(23)25)27-22-15-14-19-8-4-5-11-21(19)18-22/h1-18,27H. The SMILES string of the molecule is c1ccc(-c2ccc(Nc3ccc4ccccc4c3)c3ccccc23)cc1. The summed E-state index contributed by atoms with van der Waals surface area (Å²) in [7, 11) is 0. The Kier molecular flexibility index (Phi) is 3.84. The second kappa shape index (κ2) is 6.62. The summed E-state index contributed by atoms with van der Waals surface area (Å²) >= 11 is 0. The van der Waals surface area contributed by atoms with Crippen molar-refractivity contribution in [2.24, 2.45) is 0 Å². The van der Waals surface area contributed by atoms with Gasteiger partial charge in [0.25, 0.3) is 0 Å². The molecular formula is C26H19N. The van der Waals surface area contributed by atoms with Crippen LogP contribution in [0.3, 0.4) is 0 Å². The molecule has 1 nitrogen and oxygen atoms in total. The van der Waals surface area contributed by atoms with Crippen molar-refractivity contribution >= 4 is 32.9 Å². The first kappa shape index (κ1) is 15.7. The second-order valence-corrected chi connectivity index (χ2v) is 6.76. The van der Waals surface area contributed by atoms with Crippen LogP contribution < -0.4 is 5.32 Å². The summed E-state index contributed by atoms with van der Waals surface area (Å²) in [4.78, 5) is 0. The molecule has 0 bridgehead atoms. The van der Waals surface area contributed by atoms with E-state index in [0.29, 0.717) is 0 Å². The van der Waals surface area contributed by atoms with Crippen LogP contribution in [0.5, 0.6) is 0 Å². The van der Waals surface area contributed by atoms with Gasteiger partial charge in [-0.05, 0) is 45.5 Å². The van der Waals surface area contributed by atoms with Crippen molar-refractivity contribution in [3.63, 3.8) is 0 Å². The monoisotopic (exact) mass is 345 g/mol. The zero-order chi connectivity index (χ0) is 18.1. The minimum atomic E-state index is 1.10. The maximum atomic E-state index is 3.62. The Hall–Kier alpha value is -3.58. The van der Waals surface area contributed by atoms with Gasteiger partial charge in [-0.3, -0.25) is 0 Å². The summed E-state index contributed by atoms with van der Waals surface area (Å²) in [6, 6.07) is 38.5. The molecule has 0 fully saturated rings. The van der Waals surface area contributed by atoms with Crippen LogP contribution in [-0.2, 0) is 0 Å². The lowest BCUT2D eigenvalue weighted by molar-refractivity contribution is 1.59. The van der Waals surface area contributed by atoms with Crippen LogP contribution in [0.4, 0.5) is 11.4 Å². The number of benzene rings is 5. The molecule has 0 spiro atoms. The topological polar surface area (TPSA) is 12.0 Å². The molecule has 1 N–H and O–H groups in total. The van der Waals surface area contributed by atoms with E-state index in [2.05, 4.69) is 115 Å². The highest BCUT2D eigenvalue weighted by Gasteiger charge is 2.08. The fourth-order valence-electron chi connectivity index (χ4n) is 3.70. The predicted octanol–water partition coefficient (Wildman–Crippen LogP) is 7.40. The van der Waals surface area contributed by atoms with Gasteiger partial charge in [-0.25, -0.2) is 0 Å². The van der Waals surface area contributed by atoms with E-state index < -0.39 is 0 Å². The molecule has 5 aromatic rings. The third-order valence-corrected chi connectivity index (χ3v) is 5.04. The van der Waals surface area contributed by atoms with Gasteiger partial charge in [0.1, 0.15) is 0 Å². The first-order valence-electron chi connectivity index (χ1n) is 9.21. The molecule has 0 aliphatic carbocycles. The van der Waals surface area contributed by atoms with Crippen LogP contribution >= 0.6 is 0 Å². The Labute approximate surface area is 158 Å². The fourth-order valence-corrected chi connectivity index (χ4v) is 3.70. The van der Waals surface area contributed by atoms with E-state index >= 15 is 0 Å². The summed E-state index contributed by atoms with van der Waals surface area (Å²) in [5.41, 5.74) is 4.73. The van der Waals surface area contributed by atoms with E-state index in [0.717, 1.165) is 11.4 Å². The Morgan fingerprint density at radius 3 is 2.04 bits per heavy atom. The first-order chi connectivity index (χ1) is 13.4. The maximum Gasteiger partial charge on any atom is 0.0464 e. The van der Waals surface area contributed by atoms with E-state index in [-0.39, 0.29) is 0 Å². The molecule has 0 aliphatic heterocycles. The molecule has 5 aromatic carbocycles. The Balaban J connectivity index is 1.61. The van der Waals surface area contributed by atoms with Gasteiger partial charge in [0.2, 0.25) is 0 Å². The number of anilines is 2. The number of hydrogen-bond donors (Lipinski definition) is 1. The van der Waals surface area contributed by atoms with Crippen molar-refractivity contribution in [3.05, 3.63) is 109 Å². The molecule has 0 saturated carbocycles. The van der Waals surface area contributed by atoms with Crippen molar-refractivity contribution in [1.29, 1.82) is 0 Å². The summed E-state index contributed by atoms with van der Waals surface area (Å²) in [6.45, 7) is 0. The number of hydrogen-bond acceptors (Lipinski definition) is 1. The molecule has 0 radical (unpaired) electrons. The number of nitrogens with one attached hydrogen (secondary N) is 1. The van der Waals surface area contributed by atoms with E-state index in [1.165, 1.54) is 32.7 Å². The highest BCUT2D eigenvalue weighted by atomic mass is 14.9. The molecule has 0 aliphatic rings. The van der Waals surface area contributed by atoms with E-state index in [1.807, 2.05) is 0 Å². The molecule has 128 valence electrons. The average molecular weight is 345 g/mol. The molecule has 0 saturated heterocycles. The third-order valence-electron chi connectivity index (χ3n) is 5.04. The lowest BCUT2D eigenvalue weighted by Crippen LogP contribution is -1.93. The zero-order valence-corrected chi connectivity index (χ0v) is 14.9. The fraction of sp³-hybridized carbons (Fsp3) is 0. The van der Waals surface area contributed by atoms with Crippen molar-refractivity contribution in [1.82, 2.24) is 0 Å². The quantitative estimate of drug-likeness (QED) is 0.359. The van der Waals surface area contributed by atoms with Crippen molar-refractivity contribution in [3.8, 4) is 11.1 Å². The maximum absolute atomic E-state index is 3.62. The molecule has 27 heavy (non-hydrogen) atoms. The van der Waals surface area contributed by atoms with Gasteiger partial charge in [-0.1, -0.05) is 91.0 Å². The van der Waals surface area contributed by atoms with Crippen molar-refractivity contribution < 1.29 is 0 Å². The van der Waals surface area contributed by atoms with Crippen LogP contribution in [-0.4, -0.2) is 0 Å². The second-order valence-electron chi connectivity index (χ2n) is 6.76. The molecule has 0 heterocycles. The van der Waals surface area contributed by atoms with Crippen molar-refractivity contribution in [2.45, 2.75) is 0 Å². The summed E-state index contributed by atoms with van der Waals surface area (Å²) < 4.78 is 0. The predicted molar refractivity (Wildman–Crippen MR) is 117 cm³/mol. The molecular weight excluding hydrogens is 326 g/mol. The molecule has 0 aromatic heterocycles. The number of fused-ring (bicyclic) bond motifs is 2. The Bertz CT molecular complexity index is 1240. The highest BCUT2D eigenvalue weighted by Crippen LogP contribution is 2.34. The molecule has 0 unspecified atom stereocenters. The third kappa shape index (κ3) is 2.94. The van der Waals surface area contributed by atoms with Gasteiger partial charge >= 0.3 is 0 Å². The van der Waals surface area contributed by atoms with E-state index in [9.17, 15) is 0 Å². The number of rotatable bonds is 3. The summed E-state index contributed by atoms with van der Waals surface area (Å²) in [5.74, 6) is 0. The van der Waals surface area contributed by atoms with Gasteiger partial charge in [-0.15, -0.1) is 0 Å². The van der Waals surface area contributed by atoms with Crippen LogP contribution in [0.2, 0.25) is 0 Å². The molecule has 5 rings (SSSR count). The molecule has 1 heteroatoms. The average Bonchev–Trinajstić information content (AvgIpc) is 2.74. The lowest BCUT2D eigenvalue weighted by atomic mass is 9.97. The zero-order valence-electron chi connectivity index (χ0n) is 14.9. The Morgan fingerprint density at radius 1 is 0.481 bits per heavy atom. The smallest absolute Gasteiger partial charge is 0.0464 e. The normalized spacial score (nSPS) is 11.0. The van der Waals surface area contributed by atoms with Gasteiger partial charge in [0.15, 0.2) is 0 Å². The van der Waals surface area contributed by atoms with Crippen molar-refractivity contribution in [2.75, 3.05) is 5.32 Å². The minimum absolute atomic E-state index is 1.10. The van der Waals surface area contributed by atoms with Gasteiger partial charge in [0, 0.05) is 16.8 Å². The summed E-state index contributed by atoms with van der Waals surface area (Å²) in [5, 5.41) is 8.61. The molecule has 0 amide bonds. The lowest BCUT2D eigenvalue weighted by Gasteiger charge is -2.14. The van der Waals surface area contributed by atoms with Crippen LogP contribution in [0, 0.1) is 0 Å². The van der Waals surface area contributed by atoms with E-state index in [4.69, 9.17) is 0 Å².